The Morgan fingerprint density at radius 3 is 2.23 bits per heavy atom. The zero-order chi connectivity index (χ0) is 30.9. The molecule has 1 heterocycles. The average Bonchev–Trinajstić information content (AvgIpc) is 3.48. The Hall–Kier alpha value is -5.27. The van der Waals surface area contributed by atoms with E-state index in [4.69, 9.17) is 4.74 Å². The highest BCUT2D eigenvalue weighted by Crippen LogP contribution is 2.23. The smallest absolute Gasteiger partial charge is 0.317 e. The molecule has 0 saturated carbocycles. The van der Waals surface area contributed by atoms with Crippen molar-refractivity contribution in [2.45, 2.75) is 26.6 Å². The molecule has 44 heavy (non-hydrogen) atoms. The van der Waals surface area contributed by atoms with E-state index in [1.807, 2.05) is 120 Å². The van der Waals surface area contributed by atoms with Crippen LogP contribution < -0.4 is 4.74 Å². The minimum absolute atomic E-state index is 0.0148. The van der Waals surface area contributed by atoms with Gasteiger partial charge >= 0.3 is 5.97 Å². The Morgan fingerprint density at radius 2 is 1.52 bits per heavy atom. The molecule has 4 aromatic carbocycles. The first-order chi connectivity index (χ1) is 21.3. The van der Waals surface area contributed by atoms with Crippen LogP contribution in [0.4, 0.5) is 4.39 Å². The highest BCUT2D eigenvalue weighted by Gasteiger charge is 2.14. The van der Waals surface area contributed by atoms with Gasteiger partial charge in [-0.15, -0.1) is 0 Å². The number of benzene rings is 4. The van der Waals surface area contributed by atoms with E-state index in [1.165, 1.54) is 12.1 Å². The van der Waals surface area contributed by atoms with Crippen LogP contribution >= 0.6 is 0 Å². The molecule has 0 aliphatic carbocycles. The van der Waals surface area contributed by atoms with Crippen molar-refractivity contribution in [2.75, 3.05) is 6.54 Å². The summed E-state index contributed by atoms with van der Waals surface area (Å²) in [6.07, 6.45) is 5.91. The number of aromatic nitrogens is 1. The number of hydrogen-bond acceptors (Lipinski definition) is 4. The van der Waals surface area contributed by atoms with Crippen molar-refractivity contribution in [3.05, 3.63) is 161 Å². The first-order valence-corrected chi connectivity index (χ1v) is 14.3. The Morgan fingerprint density at radius 1 is 0.841 bits per heavy atom. The fraction of sp³-hybridized carbons (Fsp3) is 0.135. The maximum atomic E-state index is 13.2. The standard InChI is InChI=1S/C37H33FN2O4/c1-27-9-13-31(14-10-27)37(43)35-8-4-22-40(35)21-3-7-28-5-2-6-30(23-28)25-39(26-36(41)42)24-29-11-17-33(18-12-29)44-34-19-15-32(38)16-20-34/h2-20,22-23H,21,24-26H2,1H3,(H,41,42)/b7-3+. The molecule has 6 nitrogen and oxygen atoms in total. The fourth-order valence-electron chi connectivity index (χ4n) is 4.91. The molecule has 1 aromatic heterocycles. The number of aryl methyl sites for hydroxylation is 1. The molecule has 0 unspecified atom stereocenters. The predicted molar refractivity (Wildman–Crippen MR) is 169 cm³/mol. The van der Waals surface area contributed by atoms with Crippen LogP contribution in [0.2, 0.25) is 0 Å². The Balaban J connectivity index is 1.21. The van der Waals surface area contributed by atoms with E-state index in [2.05, 4.69) is 0 Å². The van der Waals surface area contributed by atoms with Gasteiger partial charge in [-0.3, -0.25) is 14.5 Å². The number of hydrogen-bond donors (Lipinski definition) is 1. The Kier molecular flexibility index (Phi) is 9.79. The predicted octanol–water partition coefficient (Wildman–Crippen LogP) is 7.76. The summed E-state index contributed by atoms with van der Waals surface area (Å²) in [5.74, 6) is -0.106. The van der Waals surface area contributed by atoms with Crippen LogP contribution in [0, 0.1) is 12.7 Å². The van der Waals surface area contributed by atoms with E-state index < -0.39 is 5.97 Å². The van der Waals surface area contributed by atoms with Gasteiger partial charge < -0.3 is 14.4 Å². The van der Waals surface area contributed by atoms with Crippen molar-refractivity contribution in [3.8, 4) is 11.5 Å². The molecule has 0 radical (unpaired) electrons. The quantitative estimate of drug-likeness (QED) is 0.142. The van der Waals surface area contributed by atoms with E-state index in [9.17, 15) is 19.1 Å². The van der Waals surface area contributed by atoms with Crippen molar-refractivity contribution in [1.29, 1.82) is 0 Å². The lowest BCUT2D eigenvalue weighted by atomic mass is 10.1. The van der Waals surface area contributed by atoms with Crippen molar-refractivity contribution in [2.24, 2.45) is 0 Å². The van der Waals surface area contributed by atoms with Gasteiger partial charge in [0, 0.05) is 31.4 Å². The van der Waals surface area contributed by atoms with Crippen LogP contribution in [0.15, 0.2) is 121 Å². The van der Waals surface area contributed by atoms with Crippen LogP contribution in [0.25, 0.3) is 6.08 Å². The molecule has 0 atom stereocenters. The number of allylic oxidation sites excluding steroid dienone is 1. The molecule has 0 spiro atoms. The minimum Gasteiger partial charge on any atom is -0.480 e. The molecular formula is C37H33FN2O4. The zero-order valence-electron chi connectivity index (χ0n) is 24.4. The minimum atomic E-state index is -0.903. The van der Waals surface area contributed by atoms with Crippen molar-refractivity contribution in [3.63, 3.8) is 0 Å². The van der Waals surface area contributed by atoms with Crippen molar-refractivity contribution in [1.82, 2.24) is 9.47 Å². The highest BCUT2D eigenvalue weighted by molar-refractivity contribution is 6.08. The summed E-state index contributed by atoms with van der Waals surface area (Å²) in [5, 5.41) is 9.55. The summed E-state index contributed by atoms with van der Waals surface area (Å²) >= 11 is 0. The van der Waals surface area contributed by atoms with Crippen LogP contribution in [0.5, 0.6) is 11.5 Å². The zero-order valence-corrected chi connectivity index (χ0v) is 24.4. The van der Waals surface area contributed by atoms with Gasteiger partial charge in [0.2, 0.25) is 5.78 Å². The fourth-order valence-corrected chi connectivity index (χ4v) is 4.91. The molecule has 7 heteroatoms. The van der Waals surface area contributed by atoms with Gasteiger partial charge in [0.25, 0.3) is 0 Å². The van der Waals surface area contributed by atoms with Crippen LogP contribution in [0.1, 0.15) is 38.3 Å². The van der Waals surface area contributed by atoms with E-state index in [1.54, 1.807) is 12.1 Å². The number of rotatable bonds is 13. The van der Waals surface area contributed by atoms with Gasteiger partial charge in [-0.2, -0.15) is 0 Å². The first-order valence-electron chi connectivity index (χ1n) is 14.3. The third kappa shape index (κ3) is 8.40. The topological polar surface area (TPSA) is 71.8 Å². The molecule has 0 fully saturated rings. The molecule has 0 amide bonds. The molecule has 0 aliphatic heterocycles. The lowest BCUT2D eigenvalue weighted by Gasteiger charge is -2.21. The van der Waals surface area contributed by atoms with E-state index in [0.717, 1.165) is 22.3 Å². The van der Waals surface area contributed by atoms with Gasteiger partial charge in [0.05, 0.1) is 12.2 Å². The Labute approximate surface area is 256 Å². The molecule has 1 N–H and O–H groups in total. The average molecular weight is 589 g/mol. The number of carboxylic acid groups (broad SMARTS) is 1. The van der Waals surface area contributed by atoms with Gasteiger partial charge in [-0.1, -0.05) is 78.4 Å². The third-order valence-corrected chi connectivity index (χ3v) is 7.08. The van der Waals surface area contributed by atoms with E-state index in [-0.39, 0.29) is 18.1 Å². The number of ketones is 1. The number of nitrogens with zero attached hydrogens (tertiary/aromatic N) is 2. The molecule has 0 aliphatic rings. The van der Waals surface area contributed by atoms with E-state index >= 15 is 0 Å². The molecule has 5 rings (SSSR count). The summed E-state index contributed by atoms with van der Waals surface area (Å²) in [7, 11) is 0. The summed E-state index contributed by atoms with van der Waals surface area (Å²) in [5.41, 5.74) is 5.31. The lowest BCUT2D eigenvalue weighted by molar-refractivity contribution is -0.138. The summed E-state index contributed by atoms with van der Waals surface area (Å²) in [6, 6.07) is 32.5. The van der Waals surface area contributed by atoms with Gasteiger partial charge in [0.15, 0.2) is 0 Å². The maximum absolute atomic E-state index is 13.2. The monoisotopic (exact) mass is 588 g/mol. The van der Waals surface area contributed by atoms with E-state index in [0.29, 0.717) is 42.4 Å². The van der Waals surface area contributed by atoms with Gasteiger partial charge in [0.1, 0.15) is 17.3 Å². The number of ether oxygens (including phenoxy) is 1. The van der Waals surface area contributed by atoms with Crippen LogP contribution in [-0.2, 0) is 24.4 Å². The number of aliphatic carboxylic acids is 1. The second-order valence-electron chi connectivity index (χ2n) is 10.6. The number of carbonyl (C=O) groups is 2. The second kappa shape index (κ2) is 14.3. The summed E-state index contributed by atoms with van der Waals surface area (Å²) in [6.45, 7) is 3.31. The molecular weight excluding hydrogens is 555 g/mol. The SMILES string of the molecule is Cc1ccc(C(=O)c2cccn2C/C=C/c2cccc(CN(CC(=O)O)Cc3ccc(Oc4ccc(F)cc4)cc3)c2)cc1. The number of carbonyl (C=O) groups excluding carboxylic acids is 1. The molecule has 5 aromatic rings. The van der Waals surface area contributed by atoms with Gasteiger partial charge in [-0.25, -0.2) is 4.39 Å². The molecule has 0 saturated heterocycles. The third-order valence-electron chi connectivity index (χ3n) is 7.08. The Bertz CT molecular complexity index is 1740. The van der Waals surface area contributed by atoms with Crippen LogP contribution in [0.3, 0.4) is 0 Å². The summed E-state index contributed by atoms with van der Waals surface area (Å²) < 4.78 is 20.8. The van der Waals surface area contributed by atoms with Crippen LogP contribution in [-0.4, -0.2) is 32.9 Å². The van der Waals surface area contributed by atoms with Crippen molar-refractivity contribution >= 4 is 17.8 Å². The molecule has 222 valence electrons. The highest BCUT2D eigenvalue weighted by atomic mass is 19.1. The largest absolute Gasteiger partial charge is 0.480 e. The normalized spacial score (nSPS) is 11.2. The van der Waals surface area contributed by atoms with Crippen molar-refractivity contribution < 1.29 is 23.8 Å². The lowest BCUT2D eigenvalue weighted by Crippen LogP contribution is -2.29. The maximum Gasteiger partial charge on any atom is 0.317 e. The van der Waals surface area contributed by atoms with Gasteiger partial charge in [-0.05, 0) is 72.1 Å². The number of halogens is 1. The number of carboxylic acids is 1. The summed E-state index contributed by atoms with van der Waals surface area (Å²) in [4.78, 5) is 26.5. The first kappa shape index (κ1) is 30.2. The molecule has 0 bridgehead atoms. The second-order valence-corrected chi connectivity index (χ2v) is 10.6.